The first-order valence-corrected chi connectivity index (χ1v) is 9.14. The van der Waals surface area contributed by atoms with Crippen LogP contribution in [0.15, 0.2) is 41.7 Å². The number of nitrogens with zero attached hydrogens (tertiary/aromatic N) is 3. The Bertz CT molecular complexity index is 747. The standard InChI is InChI=1S/C19H26F3N5O.HI/c1-3-23-18(24-10-4-5-16-12-26-27(2)13-16)25-11-15-6-8-17(9-7-15)28-14-19(20,21)22;/h6-9,12-13H,3-5,10-11,14H2,1-2H3,(H2,23,24,25);1H. The van der Waals surface area contributed by atoms with Crippen LogP contribution in [-0.4, -0.2) is 41.6 Å². The summed E-state index contributed by atoms with van der Waals surface area (Å²) in [6.07, 6.45) is 1.40. The maximum atomic E-state index is 12.2. The summed E-state index contributed by atoms with van der Waals surface area (Å²) in [4.78, 5) is 4.50. The monoisotopic (exact) mass is 525 g/mol. The predicted octanol–water partition coefficient (Wildman–Crippen LogP) is 3.67. The molecule has 0 unspecified atom stereocenters. The van der Waals surface area contributed by atoms with Crippen molar-refractivity contribution in [2.24, 2.45) is 12.0 Å². The lowest BCUT2D eigenvalue weighted by atomic mass is 10.2. The number of rotatable bonds is 9. The molecule has 6 nitrogen and oxygen atoms in total. The van der Waals surface area contributed by atoms with E-state index in [0.29, 0.717) is 12.5 Å². The predicted molar refractivity (Wildman–Crippen MR) is 118 cm³/mol. The van der Waals surface area contributed by atoms with Gasteiger partial charge in [-0.3, -0.25) is 4.68 Å². The molecule has 1 aromatic heterocycles. The summed E-state index contributed by atoms with van der Waals surface area (Å²) in [6, 6.07) is 6.46. The number of guanidine groups is 1. The second-order valence-electron chi connectivity index (χ2n) is 6.30. The Morgan fingerprint density at radius 2 is 1.90 bits per heavy atom. The summed E-state index contributed by atoms with van der Waals surface area (Å²) in [5.41, 5.74) is 2.07. The minimum absolute atomic E-state index is 0. The van der Waals surface area contributed by atoms with Crippen molar-refractivity contribution in [1.82, 2.24) is 20.4 Å². The van der Waals surface area contributed by atoms with Crippen molar-refractivity contribution in [3.05, 3.63) is 47.8 Å². The topological polar surface area (TPSA) is 63.5 Å². The number of halogens is 4. The number of hydrogen-bond donors (Lipinski definition) is 2. The number of aromatic nitrogens is 2. The van der Waals surface area contributed by atoms with E-state index >= 15 is 0 Å². The molecule has 0 aliphatic rings. The Morgan fingerprint density at radius 3 is 2.48 bits per heavy atom. The van der Waals surface area contributed by atoms with E-state index in [-0.39, 0.29) is 29.7 Å². The van der Waals surface area contributed by atoms with Gasteiger partial charge in [-0.2, -0.15) is 18.3 Å². The zero-order valence-corrected chi connectivity index (χ0v) is 18.8. The van der Waals surface area contributed by atoms with E-state index < -0.39 is 12.8 Å². The van der Waals surface area contributed by atoms with Gasteiger partial charge in [0.2, 0.25) is 0 Å². The van der Waals surface area contributed by atoms with Gasteiger partial charge in [-0.25, -0.2) is 4.99 Å². The molecule has 2 N–H and O–H groups in total. The second-order valence-corrected chi connectivity index (χ2v) is 6.30. The molecular weight excluding hydrogens is 498 g/mol. The van der Waals surface area contributed by atoms with E-state index in [1.54, 1.807) is 16.8 Å². The number of aryl methyl sites for hydroxylation is 2. The molecule has 0 bridgehead atoms. The van der Waals surface area contributed by atoms with Crippen LogP contribution < -0.4 is 15.4 Å². The lowest BCUT2D eigenvalue weighted by Gasteiger charge is -2.11. The summed E-state index contributed by atoms with van der Waals surface area (Å²) in [6.45, 7) is 2.61. The van der Waals surface area contributed by atoms with Gasteiger partial charge in [0.1, 0.15) is 5.75 Å². The highest BCUT2D eigenvalue weighted by molar-refractivity contribution is 14.0. The molecule has 162 valence electrons. The lowest BCUT2D eigenvalue weighted by Crippen LogP contribution is -2.37. The van der Waals surface area contributed by atoms with Gasteiger partial charge >= 0.3 is 6.18 Å². The largest absolute Gasteiger partial charge is 0.484 e. The number of ether oxygens (including phenoxy) is 1. The minimum Gasteiger partial charge on any atom is -0.484 e. The average Bonchev–Trinajstić information content (AvgIpc) is 3.07. The Labute approximate surface area is 185 Å². The first-order valence-electron chi connectivity index (χ1n) is 9.14. The van der Waals surface area contributed by atoms with Gasteiger partial charge in [0.15, 0.2) is 12.6 Å². The molecule has 0 aliphatic heterocycles. The van der Waals surface area contributed by atoms with Crippen LogP contribution in [-0.2, 0) is 20.0 Å². The van der Waals surface area contributed by atoms with Crippen LogP contribution in [0.3, 0.4) is 0 Å². The van der Waals surface area contributed by atoms with Crippen molar-refractivity contribution in [1.29, 1.82) is 0 Å². The molecule has 2 aromatic rings. The number of benzene rings is 1. The molecule has 29 heavy (non-hydrogen) atoms. The Hall–Kier alpha value is -1.98. The van der Waals surface area contributed by atoms with Crippen LogP contribution >= 0.6 is 24.0 Å². The molecule has 0 saturated carbocycles. The molecule has 2 rings (SSSR count). The van der Waals surface area contributed by atoms with E-state index in [1.807, 2.05) is 26.4 Å². The summed E-state index contributed by atoms with van der Waals surface area (Å²) in [5.74, 6) is 0.886. The van der Waals surface area contributed by atoms with Crippen LogP contribution in [0.1, 0.15) is 24.5 Å². The summed E-state index contributed by atoms with van der Waals surface area (Å²) in [7, 11) is 1.90. The van der Waals surface area contributed by atoms with Gasteiger partial charge in [-0.1, -0.05) is 12.1 Å². The number of hydrogen-bond acceptors (Lipinski definition) is 3. The molecule has 0 amide bonds. The van der Waals surface area contributed by atoms with Crippen LogP contribution in [0, 0.1) is 0 Å². The van der Waals surface area contributed by atoms with E-state index in [2.05, 4.69) is 20.7 Å². The highest BCUT2D eigenvalue weighted by Gasteiger charge is 2.28. The summed E-state index contributed by atoms with van der Waals surface area (Å²) in [5, 5.41) is 10.6. The smallest absolute Gasteiger partial charge is 0.422 e. The molecule has 1 aromatic carbocycles. The molecule has 1 heterocycles. The third-order valence-electron chi connectivity index (χ3n) is 3.78. The van der Waals surface area contributed by atoms with Crippen LogP contribution in [0.2, 0.25) is 0 Å². The molecule has 0 radical (unpaired) electrons. The average molecular weight is 525 g/mol. The van der Waals surface area contributed by atoms with Crippen molar-refractivity contribution >= 4 is 29.9 Å². The first kappa shape index (κ1) is 25.1. The highest BCUT2D eigenvalue weighted by Crippen LogP contribution is 2.19. The van der Waals surface area contributed by atoms with E-state index in [4.69, 9.17) is 4.74 Å². The van der Waals surface area contributed by atoms with Crippen molar-refractivity contribution in [3.63, 3.8) is 0 Å². The number of nitrogens with one attached hydrogen (secondary N) is 2. The normalized spacial score (nSPS) is 11.7. The van der Waals surface area contributed by atoms with Crippen molar-refractivity contribution in [3.8, 4) is 5.75 Å². The third-order valence-corrected chi connectivity index (χ3v) is 3.78. The van der Waals surface area contributed by atoms with E-state index in [0.717, 1.165) is 31.5 Å². The zero-order chi connectivity index (χ0) is 20.4. The molecule has 0 spiro atoms. The quantitative estimate of drug-likeness (QED) is 0.227. The number of aliphatic imine (C=N–C) groups is 1. The highest BCUT2D eigenvalue weighted by atomic mass is 127. The van der Waals surface area contributed by atoms with Crippen LogP contribution in [0.25, 0.3) is 0 Å². The van der Waals surface area contributed by atoms with Gasteiger partial charge in [0, 0.05) is 26.3 Å². The number of alkyl halides is 3. The lowest BCUT2D eigenvalue weighted by molar-refractivity contribution is -0.153. The van der Waals surface area contributed by atoms with Gasteiger partial charge in [-0.15, -0.1) is 24.0 Å². The molecule has 0 aliphatic carbocycles. The van der Waals surface area contributed by atoms with Crippen molar-refractivity contribution in [2.45, 2.75) is 32.5 Å². The Kier molecular flexibility index (Phi) is 10.8. The third kappa shape index (κ3) is 10.4. The summed E-state index contributed by atoms with van der Waals surface area (Å²) >= 11 is 0. The zero-order valence-electron chi connectivity index (χ0n) is 16.5. The van der Waals surface area contributed by atoms with Crippen molar-refractivity contribution in [2.75, 3.05) is 19.7 Å². The molecule has 10 heteroatoms. The van der Waals surface area contributed by atoms with E-state index in [9.17, 15) is 13.2 Å². The molecule has 0 saturated heterocycles. The molecule has 0 atom stereocenters. The van der Waals surface area contributed by atoms with Crippen LogP contribution in [0.5, 0.6) is 5.75 Å². The van der Waals surface area contributed by atoms with E-state index in [1.165, 1.54) is 17.7 Å². The Morgan fingerprint density at radius 1 is 1.17 bits per heavy atom. The van der Waals surface area contributed by atoms with Gasteiger partial charge in [0.05, 0.1) is 12.7 Å². The first-order chi connectivity index (χ1) is 13.4. The summed E-state index contributed by atoms with van der Waals surface area (Å²) < 4.78 is 43.0. The second kappa shape index (κ2) is 12.6. The van der Waals surface area contributed by atoms with Crippen molar-refractivity contribution < 1.29 is 17.9 Å². The molecular formula is C19H27F3IN5O. The SMILES string of the molecule is CCNC(=NCc1ccc(OCC(F)(F)F)cc1)NCCCc1cnn(C)c1.I. The van der Waals surface area contributed by atoms with Gasteiger partial charge in [-0.05, 0) is 43.0 Å². The maximum absolute atomic E-state index is 12.2. The fourth-order valence-corrected chi connectivity index (χ4v) is 2.47. The molecule has 0 fully saturated rings. The fraction of sp³-hybridized carbons (Fsp3) is 0.474. The fourth-order valence-electron chi connectivity index (χ4n) is 2.47. The van der Waals surface area contributed by atoms with Gasteiger partial charge < -0.3 is 15.4 Å². The van der Waals surface area contributed by atoms with Gasteiger partial charge in [0.25, 0.3) is 0 Å². The Balaban J connectivity index is 0.00000420. The van der Waals surface area contributed by atoms with Crippen LogP contribution in [0.4, 0.5) is 13.2 Å². The minimum atomic E-state index is -4.34. The maximum Gasteiger partial charge on any atom is 0.422 e.